The molecule has 0 aliphatic heterocycles. The van der Waals surface area contributed by atoms with E-state index in [1.165, 1.54) is 0 Å². The van der Waals surface area contributed by atoms with E-state index in [0.29, 0.717) is 32.9 Å². The van der Waals surface area contributed by atoms with Crippen LogP contribution in [0.2, 0.25) is 15.1 Å². The summed E-state index contributed by atoms with van der Waals surface area (Å²) in [4.78, 5) is 0. The highest BCUT2D eigenvalue weighted by Crippen LogP contribution is 2.24. The Labute approximate surface area is 126 Å². The first-order chi connectivity index (χ1) is 9.10. The summed E-state index contributed by atoms with van der Waals surface area (Å²) in [6.07, 6.45) is 0. The largest absolute Gasteiger partial charge is 0.380 e. The van der Waals surface area contributed by atoms with E-state index in [1.54, 1.807) is 30.3 Å². The predicted octanol–water partition coefficient (Wildman–Crippen LogP) is 5.13. The van der Waals surface area contributed by atoms with Crippen LogP contribution in [0.15, 0.2) is 36.4 Å². The van der Waals surface area contributed by atoms with Gasteiger partial charge >= 0.3 is 0 Å². The number of halogens is 3. The van der Waals surface area contributed by atoms with Crippen molar-refractivity contribution in [3.05, 3.63) is 62.6 Å². The molecule has 0 radical (unpaired) electrons. The van der Waals surface area contributed by atoms with E-state index in [2.05, 4.69) is 11.4 Å². The summed E-state index contributed by atoms with van der Waals surface area (Å²) in [6.45, 7) is 0.491. The summed E-state index contributed by atoms with van der Waals surface area (Å²) >= 11 is 17.8. The Morgan fingerprint density at radius 2 is 1.68 bits per heavy atom. The van der Waals surface area contributed by atoms with Crippen LogP contribution in [0.4, 0.5) is 5.69 Å². The van der Waals surface area contributed by atoms with Crippen LogP contribution in [-0.4, -0.2) is 0 Å². The van der Waals surface area contributed by atoms with Crippen molar-refractivity contribution in [1.29, 1.82) is 5.26 Å². The van der Waals surface area contributed by atoms with Gasteiger partial charge in [0.05, 0.1) is 11.3 Å². The molecule has 0 saturated heterocycles. The van der Waals surface area contributed by atoms with Gasteiger partial charge in [0, 0.05) is 21.6 Å². The molecule has 0 atom stereocenters. The average Bonchev–Trinajstić information content (AvgIpc) is 2.38. The number of nitriles is 1. The van der Waals surface area contributed by atoms with Crippen LogP contribution in [0.1, 0.15) is 11.1 Å². The highest BCUT2D eigenvalue weighted by Gasteiger charge is 2.05. The molecule has 0 aliphatic carbocycles. The Morgan fingerprint density at radius 1 is 1.00 bits per heavy atom. The minimum absolute atomic E-state index is 0.491. The molecular weight excluding hydrogens is 303 g/mol. The second-order valence-corrected chi connectivity index (χ2v) is 5.17. The van der Waals surface area contributed by atoms with Gasteiger partial charge in [-0.3, -0.25) is 0 Å². The number of benzene rings is 2. The van der Waals surface area contributed by atoms with Crippen LogP contribution in [0.25, 0.3) is 0 Å². The Balaban J connectivity index is 2.19. The van der Waals surface area contributed by atoms with Gasteiger partial charge in [-0.15, -0.1) is 0 Å². The SMILES string of the molecule is N#Cc1ccc(Cl)cc1NCc1ccc(Cl)cc1Cl. The maximum Gasteiger partial charge on any atom is 0.101 e. The van der Waals surface area contributed by atoms with Crippen molar-refractivity contribution in [3.8, 4) is 6.07 Å². The number of nitrogens with one attached hydrogen (secondary N) is 1. The molecular formula is C14H9Cl3N2. The summed E-state index contributed by atoms with van der Waals surface area (Å²) in [5, 5.41) is 13.9. The van der Waals surface area contributed by atoms with E-state index in [9.17, 15) is 0 Å². The normalized spacial score (nSPS) is 10.0. The van der Waals surface area contributed by atoms with Gasteiger partial charge in [0.2, 0.25) is 0 Å². The second kappa shape index (κ2) is 6.16. The monoisotopic (exact) mass is 310 g/mol. The maximum absolute atomic E-state index is 9.02. The van der Waals surface area contributed by atoms with E-state index in [0.717, 1.165) is 5.56 Å². The standard InChI is InChI=1S/C14H9Cl3N2/c15-11-4-2-10(13(17)5-11)8-19-14-6-12(16)3-1-9(14)7-18/h1-6,19H,8H2. The van der Waals surface area contributed by atoms with Gasteiger partial charge in [0.1, 0.15) is 6.07 Å². The number of rotatable bonds is 3. The lowest BCUT2D eigenvalue weighted by Gasteiger charge is -2.10. The van der Waals surface area contributed by atoms with Crippen LogP contribution in [0, 0.1) is 11.3 Å². The third kappa shape index (κ3) is 3.54. The highest BCUT2D eigenvalue weighted by atomic mass is 35.5. The van der Waals surface area contributed by atoms with E-state index in [4.69, 9.17) is 40.1 Å². The third-order valence-corrected chi connectivity index (χ3v) is 3.41. The first kappa shape index (κ1) is 14.0. The molecule has 96 valence electrons. The molecule has 0 aromatic heterocycles. The third-order valence-electron chi connectivity index (χ3n) is 2.59. The summed E-state index contributed by atoms with van der Waals surface area (Å²) in [5.74, 6) is 0. The van der Waals surface area contributed by atoms with Crippen molar-refractivity contribution in [2.24, 2.45) is 0 Å². The van der Waals surface area contributed by atoms with Gasteiger partial charge < -0.3 is 5.32 Å². The smallest absolute Gasteiger partial charge is 0.101 e. The predicted molar refractivity (Wildman–Crippen MR) is 80.0 cm³/mol. The topological polar surface area (TPSA) is 35.8 Å². The zero-order valence-electron chi connectivity index (χ0n) is 9.75. The average molecular weight is 312 g/mol. The Morgan fingerprint density at radius 3 is 2.37 bits per heavy atom. The molecule has 1 N–H and O–H groups in total. The number of nitrogens with zero attached hydrogens (tertiary/aromatic N) is 1. The lowest BCUT2D eigenvalue weighted by atomic mass is 10.1. The molecule has 0 saturated carbocycles. The summed E-state index contributed by atoms with van der Waals surface area (Å²) in [5.41, 5.74) is 2.12. The van der Waals surface area contributed by atoms with Crippen molar-refractivity contribution < 1.29 is 0 Å². The van der Waals surface area contributed by atoms with E-state index < -0.39 is 0 Å². The Bertz CT molecular complexity index is 648. The van der Waals surface area contributed by atoms with Gasteiger partial charge in [0.25, 0.3) is 0 Å². The molecule has 0 unspecified atom stereocenters. The molecule has 2 nitrogen and oxygen atoms in total. The molecule has 2 aromatic carbocycles. The second-order valence-electron chi connectivity index (χ2n) is 3.89. The lowest BCUT2D eigenvalue weighted by molar-refractivity contribution is 1.15. The van der Waals surface area contributed by atoms with Crippen molar-refractivity contribution >= 4 is 40.5 Å². The van der Waals surface area contributed by atoms with Gasteiger partial charge in [0.15, 0.2) is 0 Å². The van der Waals surface area contributed by atoms with Crippen LogP contribution in [0.5, 0.6) is 0 Å². The van der Waals surface area contributed by atoms with Crippen molar-refractivity contribution in [3.63, 3.8) is 0 Å². The van der Waals surface area contributed by atoms with Crippen LogP contribution < -0.4 is 5.32 Å². The number of hydrogen-bond donors (Lipinski definition) is 1. The van der Waals surface area contributed by atoms with Crippen LogP contribution >= 0.6 is 34.8 Å². The van der Waals surface area contributed by atoms with Gasteiger partial charge in [-0.25, -0.2) is 0 Å². The zero-order chi connectivity index (χ0) is 13.8. The highest BCUT2D eigenvalue weighted by molar-refractivity contribution is 6.35. The summed E-state index contributed by atoms with van der Waals surface area (Å²) in [6, 6.07) is 12.5. The first-order valence-electron chi connectivity index (χ1n) is 5.47. The molecule has 0 aliphatic rings. The molecule has 0 heterocycles. The fourth-order valence-corrected chi connectivity index (χ4v) is 2.26. The molecule has 0 amide bonds. The van der Waals surface area contributed by atoms with Crippen LogP contribution in [-0.2, 0) is 6.54 Å². The van der Waals surface area contributed by atoms with Crippen molar-refractivity contribution in [1.82, 2.24) is 0 Å². The maximum atomic E-state index is 9.02. The van der Waals surface area contributed by atoms with E-state index in [-0.39, 0.29) is 0 Å². The Kier molecular flexibility index (Phi) is 4.55. The van der Waals surface area contributed by atoms with Crippen molar-refractivity contribution in [2.45, 2.75) is 6.54 Å². The van der Waals surface area contributed by atoms with Gasteiger partial charge in [-0.2, -0.15) is 5.26 Å². The van der Waals surface area contributed by atoms with Crippen molar-refractivity contribution in [2.75, 3.05) is 5.32 Å². The van der Waals surface area contributed by atoms with Gasteiger partial charge in [-0.1, -0.05) is 40.9 Å². The molecule has 0 fully saturated rings. The fraction of sp³-hybridized carbons (Fsp3) is 0.0714. The zero-order valence-corrected chi connectivity index (χ0v) is 12.0. The molecule has 5 heteroatoms. The van der Waals surface area contributed by atoms with E-state index >= 15 is 0 Å². The molecule has 2 rings (SSSR count). The molecule has 0 bridgehead atoms. The Hall–Kier alpha value is -1.40. The quantitative estimate of drug-likeness (QED) is 0.853. The minimum Gasteiger partial charge on any atom is -0.380 e. The first-order valence-corrected chi connectivity index (χ1v) is 6.61. The molecule has 19 heavy (non-hydrogen) atoms. The summed E-state index contributed by atoms with van der Waals surface area (Å²) < 4.78 is 0. The molecule has 2 aromatic rings. The van der Waals surface area contributed by atoms with E-state index in [1.807, 2.05) is 6.07 Å². The molecule has 0 spiro atoms. The number of anilines is 1. The number of hydrogen-bond acceptors (Lipinski definition) is 2. The van der Waals surface area contributed by atoms with Gasteiger partial charge in [-0.05, 0) is 35.9 Å². The fourth-order valence-electron chi connectivity index (χ4n) is 1.62. The van der Waals surface area contributed by atoms with Crippen LogP contribution in [0.3, 0.4) is 0 Å². The lowest BCUT2D eigenvalue weighted by Crippen LogP contribution is -2.01. The minimum atomic E-state index is 0.491. The summed E-state index contributed by atoms with van der Waals surface area (Å²) in [7, 11) is 0.